The number of hydrogen-bond donors (Lipinski definition) is 3. The Labute approximate surface area is 166 Å². The van der Waals surface area contributed by atoms with Gasteiger partial charge in [0.25, 0.3) is 0 Å². The second-order valence-corrected chi connectivity index (χ2v) is 7.56. The van der Waals surface area contributed by atoms with Crippen molar-refractivity contribution in [1.29, 1.82) is 0 Å². The number of thioether (sulfide) groups is 1. The van der Waals surface area contributed by atoms with Crippen molar-refractivity contribution in [3.05, 3.63) is 48.0 Å². The van der Waals surface area contributed by atoms with E-state index < -0.39 is 23.8 Å². The molecule has 3 N–H and O–H groups in total. The molecular formula is C17H16F3N5O3S. The smallest absolute Gasteiger partial charge is 0.406 e. The molecule has 12 heteroatoms. The molecule has 3 aromatic rings. The molecule has 1 aliphatic rings. The lowest BCUT2D eigenvalue weighted by Crippen LogP contribution is -2.25. The van der Waals surface area contributed by atoms with E-state index in [0.717, 1.165) is 0 Å². The Kier molecular flexibility index (Phi) is 5.23. The number of aliphatic hydroxyl groups is 2. The molecule has 154 valence electrons. The van der Waals surface area contributed by atoms with Gasteiger partial charge >= 0.3 is 6.36 Å². The van der Waals surface area contributed by atoms with Crippen molar-refractivity contribution < 1.29 is 28.1 Å². The molecule has 1 aromatic carbocycles. The van der Waals surface area contributed by atoms with Crippen LogP contribution in [0.5, 0.6) is 5.75 Å². The molecule has 0 amide bonds. The Morgan fingerprint density at radius 3 is 2.83 bits per heavy atom. The quantitative estimate of drug-likeness (QED) is 0.569. The highest BCUT2D eigenvalue weighted by molar-refractivity contribution is 7.99. The molecule has 3 atom stereocenters. The van der Waals surface area contributed by atoms with Crippen LogP contribution in [0.1, 0.15) is 16.6 Å². The molecule has 4 rings (SSSR count). The lowest BCUT2D eigenvalue weighted by atomic mass is 10.1. The van der Waals surface area contributed by atoms with Crippen molar-refractivity contribution in [3.63, 3.8) is 0 Å². The zero-order valence-electron chi connectivity index (χ0n) is 14.7. The minimum Gasteiger partial charge on any atom is -0.406 e. The van der Waals surface area contributed by atoms with Crippen molar-refractivity contribution in [2.75, 3.05) is 11.1 Å². The van der Waals surface area contributed by atoms with Gasteiger partial charge in [-0.1, -0.05) is 12.1 Å². The summed E-state index contributed by atoms with van der Waals surface area (Å²) >= 11 is 1.38. The topological polar surface area (TPSA) is 105 Å². The summed E-state index contributed by atoms with van der Waals surface area (Å²) in [7, 11) is 0. The summed E-state index contributed by atoms with van der Waals surface area (Å²) in [6.07, 6.45) is -3.37. The molecule has 1 fully saturated rings. The third kappa shape index (κ3) is 4.23. The minimum absolute atomic E-state index is 0.184. The largest absolute Gasteiger partial charge is 0.573 e. The first-order chi connectivity index (χ1) is 13.8. The van der Waals surface area contributed by atoms with E-state index in [1.165, 1.54) is 36.2 Å². The summed E-state index contributed by atoms with van der Waals surface area (Å²) in [6, 6.07) is 5.62. The standard InChI is InChI=1S/C17H16F3N5O3S/c18-17(19,20)28-10-3-1-2-9(6-10)7-22-14-16-24-23-15(25(16)5-4-21-14)13-12(27)11(26)8-29-13/h1-6,11-13,26-27H,7-8H2,(H,21,22)/t11-,12-,13-/m1/s1. The molecule has 1 aliphatic heterocycles. The fourth-order valence-corrected chi connectivity index (χ4v) is 4.32. The molecule has 1 saturated heterocycles. The number of alkyl halides is 3. The number of nitrogens with zero attached hydrogens (tertiary/aromatic N) is 4. The van der Waals surface area contributed by atoms with Crippen LogP contribution in [0.4, 0.5) is 19.0 Å². The monoisotopic (exact) mass is 427 g/mol. The summed E-state index contributed by atoms with van der Waals surface area (Å²) in [6.45, 7) is 0.184. The van der Waals surface area contributed by atoms with E-state index in [1.54, 1.807) is 16.7 Å². The second-order valence-electron chi connectivity index (χ2n) is 6.39. The molecule has 0 radical (unpaired) electrons. The third-order valence-corrected chi connectivity index (χ3v) is 5.73. The fourth-order valence-electron chi connectivity index (χ4n) is 3.03. The molecule has 2 aromatic heterocycles. The number of rotatable bonds is 5. The first-order valence-corrected chi connectivity index (χ1v) is 9.62. The summed E-state index contributed by atoms with van der Waals surface area (Å²) in [5.41, 5.74) is 0.958. The van der Waals surface area contributed by atoms with Gasteiger partial charge < -0.3 is 20.3 Å². The van der Waals surface area contributed by atoms with Crippen molar-refractivity contribution in [3.8, 4) is 5.75 Å². The van der Waals surface area contributed by atoms with Crippen LogP contribution in [0.25, 0.3) is 5.65 Å². The zero-order valence-corrected chi connectivity index (χ0v) is 15.6. The SMILES string of the molecule is O[C@@H]1[C@H](O)CS[C@H]1c1nnc2c(NCc3cccc(OC(F)(F)F)c3)nccn12. The lowest BCUT2D eigenvalue weighted by Gasteiger charge is -2.14. The number of fused-ring (bicyclic) bond motifs is 1. The van der Waals surface area contributed by atoms with E-state index in [-0.39, 0.29) is 12.3 Å². The van der Waals surface area contributed by atoms with Crippen LogP contribution in [0.2, 0.25) is 0 Å². The highest BCUT2D eigenvalue weighted by atomic mass is 32.2. The van der Waals surface area contributed by atoms with Crippen LogP contribution < -0.4 is 10.1 Å². The normalized spacial score (nSPS) is 22.2. The molecule has 0 bridgehead atoms. The second kappa shape index (κ2) is 7.69. The molecule has 0 saturated carbocycles. The number of aromatic nitrogens is 4. The number of benzene rings is 1. The Balaban J connectivity index is 1.53. The first kappa shape index (κ1) is 19.7. The number of nitrogens with one attached hydrogen (secondary N) is 1. The van der Waals surface area contributed by atoms with E-state index in [0.29, 0.717) is 28.6 Å². The van der Waals surface area contributed by atoms with Crippen molar-refractivity contribution in [1.82, 2.24) is 19.6 Å². The van der Waals surface area contributed by atoms with E-state index >= 15 is 0 Å². The minimum atomic E-state index is -4.76. The van der Waals surface area contributed by atoms with Crippen LogP contribution in [0.15, 0.2) is 36.7 Å². The van der Waals surface area contributed by atoms with Gasteiger partial charge in [0, 0.05) is 24.7 Å². The molecule has 0 aliphatic carbocycles. The third-order valence-electron chi connectivity index (χ3n) is 4.35. The maximum atomic E-state index is 12.4. The molecule has 0 unspecified atom stereocenters. The van der Waals surface area contributed by atoms with Gasteiger partial charge in [-0.25, -0.2) is 4.98 Å². The predicted octanol–water partition coefficient (Wildman–Crippen LogP) is 2.14. The number of anilines is 1. The predicted molar refractivity (Wildman–Crippen MR) is 98.4 cm³/mol. The highest BCUT2D eigenvalue weighted by Gasteiger charge is 2.38. The average Bonchev–Trinajstić information content (AvgIpc) is 3.23. The Bertz CT molecular complexity index is 1020. The van der Waals surface area contributed by atoms with Crippen molar-refractivity contribution >= 4 is 23.2 Å². The molecule has 29 heavy (non-hydrogen) atoms. The van der Waals surface area contributed by atoms with E-state index in [4.69, 9.17) is 0 Å². The first-order valence-electron chi connectivity index (χ1n) is 8.58. The zero-order chi connectivity index (χ0) is 20.6. The number of ether oxygens (including phenoxy) is 1. The average molecular weight is 427 g/mol. The van der Waals surface area contributed by atoms with Crippen molar-refractivity contribution in [2.45, 2.75) is 30.4 Å². The van der Waals surface area contributed by atoms with Crippen molar-refractivity contribution in [2.24, 2.45) is 0 Å². The lowest BCUT2D eigenvalue weighted by molar-refractivity contribution is -0.274. The van der Waals surface area contributed by atoms with Gasteiger partial charge in [0.2, 0.25) is 5.65 Å². The molecular weight excluding hydrogens is 411 g/mol. The summed E-state index contributed by atoms with van der Waals surface area (Å²) in [5, 5.41) is 30.7. The Morgan fingerprint density at radius 1 is 1.28 bits per heavy atom. The van der Waals surface area contributed by atoms with Gasteiger partial charge in [0.15, 0.2) is 11.6 Å². The number of hydrogen-bond acceptors (Lipinski definition) is 8. The summed E-state index contributed by atoms with van der Waals surface area (Å²) in [5.74, 6) is 0.956. The Hall–Kier alpha value is -2.57. The van der Waals surface area contributed by atoms with Gasteiger partial charge in [-0.2, -0.15) is 0 Å². The van der Waals surface area contributed by atoms with Crippen LogP contribution >= 0.6 is 11.8 Å². The van der Waals surface area contributed by atoms with Crippen LogP contribution in [-0.4, -0.2) is 54.1 Å². The number of halogens is 3. The maximum absolute atomic E-state index is 12.4. The Morgan fingerprint density at radius 2 is 2.10 bits per heavy atom. The summed E-state index contributed by atoms with van der Waals surface area (Å²) in [4.78, 5) is 4.21. The summed E-state index contributed by atoms with van der Waals surface area (Å²) < 4.78 is 42.7. The van der Waals surface area contributed by atoms with Gasteiger partial charge in [-0.15, -0.1) is 35.1 Å². The van der Waals surface area contributed by atoms with Crippen LogP contribution in [0, 0.1) is 0 Å². The van der Waals surface area contributed by atoms with Gasteiger partial charge in [0.05, 0.1) is 17.5 Å². The van der Waals surface area contributed by atoms with Crippen LogP contribution in [0.3, 0.4) is 0 Å². The van der Waals surface area contributed by atoms with Crippen LogP contribution in [-0.2, 0) is 6.54 Å². The molecule has 8 nitrogen and oxygen atoms in total. The van der Waals surface area contributed by atoms with Gasteiger partial charge in [-0.05, 0) is 17.7 Å². The molecule has 0 spiro atoms. The number of aliphatic hydroxyl groups excluding tert-OH is 2. The van der Waals surface area contributed by atoms with Gasteiger partial charge in [0.1, 0.15) is 5.75 Å². The van der Waals surface area contributed by atoms with E-state index in [2.05, 4.69) is 25.2 Å². The van der Waals surface area contributed by atoms with E-state index in [9.17, 15) is 23.4 Å². The van der Waals surface area contributed by atoms with E-state index in [1.807, 2.05) is 0 Å². The molecule has 3 heterocycles. The van der Waals surface area contributed by atoms with Gasteiger partial charge in [-0.3, -0.25) is 4.40 Å². The fraction of sp³-hybridized carbons (Fsp3) is 0.353. The highest BCUT2D eigenvalue weighted by Crippen LogP contribution is 2.39. The maximum Gasteiger partial charge on any atom is 0.573 e.